The van der Waals surface area contributed by atoms with Gasteiger partial charge >= 0.3 is 0 Å². The van der Waals surface area contributed by atoms with Gasteiger partial charge in [-0.3, -0.25) is 4.79 Å². The highest BCUT2D eigenvalue weighted by atomic mass is 16.7. The van der Waals surface area contributed by atoms with Crippen LogP contribution in [0.3, 0.4) is 0 Å². The summed E-state index contributed by atoms with van der Waals surface area (Å²) in [7, 11) is 0. The van der Waals surface area contributed by atoms with E-state index in [4.69, 9.17) is 14.3 Å². The zero-order valence-electron chi connectivity index (χ0n) is 14.6. The third-order valence-electron chi connectivity index (χ3n) is 4.39. The number of ether oxygens (including phenoxy) is 2. The van der Waals surface area contributed by atoms with Crippen LogP contribution in [0.4, 0.5) is 0 Å². The number of aliphatic hydroxyl groups is 1. The predicted molar refractivity (Wildman–Crippen MR) is 93.2 cm³/mol. The fourth-order valence-electron chi connectivity index (χ4n) is 3.31. The van der Waals surface area contributed by atoms with Gasteiger partial charge in [-0.25, -0.2) is 0 Å². The van der Waals surface area contributed by atoms with E-state index in [0.29, 0.717) is 48.7 Å². The van der Waals surface area contributed by atoms with E-state index in [1.165, 1.54) is 0 Å². The largest absolute Gasteiger partial charge is 0.511 e. The summed E-state index contributed by atoms with van der Waals surface area (Å²) < 4.78 is 10.9. The van der Waals surface area contributed by atoms with Crippen LogP contribution in [0.25, 0.3) is 0 Å². The Hall–Kier alpha value is -2.50. The minimum Gasteiger partial charge on any atom is -0.511 e. The molecule has 0 saturated heterocycles. The van der Waals surface area contributed by atoms with Gasteiger partial charge in [-0.05, 0) is 19.4 Å². The van der Waals surface area contributed by atoms with E-state index < -0.39 is 0 Å². The highest BCUT2D eigenvalue weighted by Gasteiger charge is 2.34. The highest BCUT2D eigenvalue weighted by molar-refractivity contribution is 6.23. The van der Waals surface area contributed by atoms with Crippen molar-refractivity contribution >= 4 is 11.5 Å². The number of para-hydroxylation sites is 1. The molecule has 0 amide bonds. The van der Waals surface area contributed by atoms with Crippen molar-refractivity contribution in [3.05, 3.63) is 35.1 Å². The van der Waals surface area contributed by atoms with Crippen molar-refractivity contribution < 1.29 is 24.2 Å². The predicted octanol–water partition coefficient (Wildman–Crippen LogP) is 3.87. The van der Waals surface area contributed by atoms with Gasteiger partial charge in [0.05, 0.1) is 11.3 Å². The SMILES string of the molecule is CCCC(=NOCC)C1=C(O)CC(c2cccc3c2OCO3)CC1=O. The summed E-state index contributed by atoms with van der Waals surface area (Å²) in [6.45, 7) is 4.44. The lowest BCUT2D eigenvalue weighted by Gasteiger charge is -2.25. The number of aliphatic hydroxyl groups excluding tert-OH is 1. The van der Waals surface area contributed by atoms with Gasteiger partial charge in [-0.2, -0.15) is 0 Å². The Morgan fingerprint density at radius 3 is 2.88 bits per heavy atom. The van der Waals surface area contributed by atoms with Gasteiger partial charge in [0.2, 0.25) is 6.79 Å². The van der Waals surface area contributed by atoms with Crippen LogP contribution in [0.15, 0.2) is 34.7 Å². The Bertz CT molecular complexity index is 723. The molecule has 6 heteroatoms. The van der Waals surface area contributed by atoms with E-state index in [2.05, 4.69) is 5.16 Å². The molecular weight excluding hydrogens is 322 g/mol. The first-order chi connectivity index (χ1) is 12.2. The molecule has 1 aromatic carbocycles. The molecule has 0 saturated carbocycles. The van der Waals surface area contributed by atoms with Crippen LogP contribution in [-0.2, 0) is 9.63 Å². The smallest absolute Gasteiger partial charge is 0.231 e. The zero-order valence-corrected chi connectivity index (χ0v) is 14.6. The average molecular weight is 345 g/mol. The number of nitrogens with zero attached hydrogens (tertiary/aromatic N) is 1. The van der Waals surface area contributed by atoms with E-state index in [1.54, 1.807) is 0 Å². The average Bonchev–Trinajstić information content (AvgIpc) is 3.07. The Morgan fingerprint density at radius 2 is 2.16 bits per heavy atom. The van der Waals surface area contributed by atoms with Gasteiger partial charge in [0.1, 0.15) is 12.4 Å². The molecule has 1 heterocycles. The van der Waals surface area contributed by atoms with Crippen LogP contribution >= 0.6 is 0 Å². The third-order valence-corrected chi connectivity index (χ3v) is 4.39. The standard InChI is InChI=1S/C19H23NO5/c1-3-6-14(20-25-4-2)18-15(21)9-12(10-16(18)22)13-7-5-8-17-19(13)24-11-23-17/h5,7-8,12,21H,3-4,6,9-11H2,1-2H3. The number of carbonyl (C=O) groups excluding carboxylic acids is 1. The normalized spacial score (nSPS) is 20.2. The maximum atomic E-state index is 12.7. The maximum absolute atomic E-state index is 12.7. The summed E-state index contributed by atoms with van der Waals surface area (Å²) in [6, 6.07) is 5.64. The molecule has 0 aromatic heterocycles. The topological polar surface area (TPSA) is 77.3 Å². The molecule has 3 rings (SSSR count). The third kappa shape index (κ3) is 3.48. The molecule has 1 aliphatic heterocycles. The van der Waals surface area contributed by atoms with E-state index >= 15 is 0 Å². The van der Waals surface area contributed by atoms with Crippen LogP contribution in [0.2, 0.25) is 0 Å². The van der Waals surface area contributed by atoms with Gasteiger partial charge in [0.25, 0.3) is 0 Å². The molecule has 6 nitrogen and oxygen atoms in total. The number of ketones is 1. The van der Waals surface area contributed by atoms with Crippen molar-refractivity contribution in [1.29, 1.82) is 0 Å². The van der Waals surface area contributed by atoms with Crippen molar-refractivity contribution in [1.82, 2.24) is 0 Å². The van der Waals surface area contributed by atoms with Crippen LogP contribution in [-0.4, -0.2) is 30.0 Å². The zero-order chi connectivity index (χ0) is 17.8. The minimum absolute atomic E-state index is 0.0738. The molecular formula is C19H23NO5. The lowest BCUT2D eigenvalue weighted by Crippen LogP contribution is -2.24. The quantitative estimate of drug-likeness (QED) is 0.625. The molecule has 25 heavy (non-hydrogen) atoms. The second kappa shape index (κ2) is 7.59. The Labute approximate surface area is 147 Å². The van der Waals surface area contributed by atoms with Crippen molar-refractivity contribution in [2.45, 2.75) is 45.4 Å². The molecule has 1 N–H and O–H groups in total. The van der Waals surface area contributed by atoms with Gasteiger partial charge in [0.15, 0.2) is 17.3 Å². The van der Waals surface area contributed by atoms with Crippen LogP contribution in [0.1, 0.15) is 51.0 Å². The lowest BCUT2D eigenvalue weighted by atomic mass is 9.80. The number of Topliss-reactive ketones (excluding diaryl/α,β-unsaturated/α-hetero) is 1. The summed E-state index contributed by atoms with van der Waals surface area (Å²) in [5.41, 5.74) is 1.74. The van der Waals surface area contributed by atoms with Crippen molar-refractivity contribution in [3.63, 3.8) is 0 Å². The number of hydrogen-bond donors (Lipinski definition) is 1. The van der Waals surface area contributed by atoms with Crippen molar-refractivity contribution in [2.75, 3.05) is 13.4 Å². The van der Waals surface area contributed by atoms with Crippen LogP contribution < -0.4 is 9.47 Å². The van der Waals surface area contributed by atoms with Gasteiger partial charge < -0.3 is 19.4 Å². The minimum atomic E-state index is -0.136. The molecule has 1 atom stereocenters. The monoisotopic (exact) mass is 345 g/mol. The van der Waals surface area contributed by atoms with Gasteiger partial charge in [-0.15, -0.1) is 0 Å². The molecule has 1 unspecified atom stereocenters. The molecule has 2 aliphatic rings. The summed E-state index contributed by atoms with van der Waals surface area (Å²) in [4.78, 5) is 17.9. The number of fused-ring (bicyclic) bond motifs is 1. The fraction of sp³-hybridized carbons (Fsp3) is 0.474. The molecule has 0 radical (unpaired) electrons. The molecule has 1 aliphatic carbocycles. The first-order valence-electron chi connectivity index (χ1n) is 8.68. The summed E-state index contributed by atoms with van der Waals surface area (Å²) >= 11 is 0. The molecule has 0 bridgehead atoms. The van der Waals surface area contributed by atoms with E-state index in [1.807, 2.05) is 32.0 Å². The molecule has 0 fully saturated rings. The number of hydrogen-bond acceptors (Lipinski definition) is 6. The lowest BCUT2D eigenvalue weighted by molar-refractivity contribution is -0.116. The second-order valence-corrected chi connectivity index (χ2v) is 6.14. The highest BCUT2D eigenvalue weighted by Crippen LogP contribution is 2.44. The second-order valence-electron chi connectivity index (χ2n) is 6.14. The van der Waals surface area contributed by atoms with E-state index in [9.17, 15) is 9.90 Å². The van der Waals surface area contributed by atoms with Gasteiger partial charge in [0, 0.05) is 24.3 Å². The number of rotatable bonds is 6. The summed E-state index contributed by atoms with van der Waals surface area (Å²) in [5.74, 6) is 1.18. The molecule has 0 spiro atoms. The van der Waals surface area contributed by atoms with Crippen molar-refractivity contribution in [3.8, 4) is 11.5 Å². The van der Waals surface area contributed by atoms with E-state index in [0.717, 1.165) is 12.0 Å². The first kappa shape index (κ1) is 17.3. The maximum Gasteiger partial charge on any atom is 0.231 e. The van der Waals surface area contributed by atoms with E-state index in [-0.39, 0.29) is 24.3 Å². The summed E-state index contributed by atoms with van der Waals surface area (Å²) in [6.07, 6.45) is 2.08. The number of benzene rings is 1. The summed E-state index contributed by atoms with van der Waals surface area (Å²) in [5, 5.41) is 14.6. The first-order valence-corrected chi connectivity index (χ1v) is 8.68. The Morgan fingerprint density at radius 1 is 1.32 bits per heavy atom. The number of carbonyl (C=O) groups is 1. The Balaban J connectivity index is 1.90. The molecule has 1 aromatic rings. The van der Waals surface area contributed by atoms with Gasteiger partial charge in [-0.1, -0.05) is 30.6 Å². The van der Waals surface area contributed by atoms with Crippen molar-refractivity contribution in [2.24, 2.45) is 5.16 Å². The van der Waals surface area contributed by atoms with Crippen LogP contribution in [0, 0.1) is 0 Å². The fourth-order valence-corrected chi connectivity index (χ4v) is 3.31. The number of oxime groups is 1. The van der Waals surface area contributed by atoms with Crippen LogP contribution in [0.5, 0.6) is 11.5 Å². The number of allylic oxidation sites excluding steroid dienone is 2. The molecule has 134 valence electrons. The Kier molecular flexibility index (Phi) is 5.26.